The predicted octanol–water partition coefficient (Wildman–Crippen LogP) is 3.76. The van der Waals surface area contributed by atoms with Crippen molar-refractivity contribution in [2.75, 3.05) is 31.2 Å². The highest BCUT2D eigenvalue weighted by Gasteiger charge is 2.80. The molecule has 4 rings (SSSR count). The summed E-state index contributed by atoms with van der Waals surface area (Å²) >= 11 is 6.10. The molecular formula is C29H37ClN2O6. The maximum atomic E-state index is 14.5. The number of aliphatic hydroxyl groups is 1. The van der Waals surface area contributed by atoms with Gasteiger partial charge in [0.25, 0.3) is 5.91 Å². The van der Waals surface area contributed by atoms with Gasteiger partial charge >= 0.3 is 5.97 Å². The van der Waals surface area contributed by atoms with E-state index in [2.05, 4.69) is 13.2 Å². The molecule has 3 saturated heterocycles. The molecule has 9 heteroatoms. The number of carbonyl (C=O) groups excluding carboxylic acids is 3. The van der Waals surface area contributed by atoms with Crippen molar-refractivity contribution >= 4 is 35.1 Å². The van der Waals surface area contributed by atoms with Crippen LogP contribution in [0.15, 0.2) is 49.6 Å². The summed E-state index contributed by atoms with van der Waals surface area (Å²) in [4.78, 5) is 45.1. The maximum absolute atomic E-state index is 14.5. The Hall–Kier alpha value is -2.68. The lowest BCUT2D eigenvalue weighted by atomic mass is 9.62. The van der Waals surface area contributed by atoms with Crippen molar-refractivity contribution < 1.29 is 29.0 Å². The van der Waals surface area contributed by atoms with E-state index in [-0.39, 0.29) is 37.5 Å². The minimum absolute atomic E-state index is 0.0324. The number of benzene rings is 1. The Morgan fingerprint density at radius 1 is 1.24 bits per heavy atom. The third kappa shape index (κ3) is 4.56. The molecular weight excluding hydrogens is 508 g/mol. The quantitative estimate of drug-likeness (QED) is 0.244. The van der Waals surface area contributed by atoms with Gasteiger partial charge in [0, 0.05) is 30.4 Å². The van der Waals surface area contributed by atoms with Crippen molar-refractivity contribution in [3.05, 3.63) is 54.6 Å². The van der Waals surface area contributed by atoms with Crippen LogP contribution in [-0.4, -0.2) is 71.3 Å². The van der Waals surface area contributed by atoms with Gasteiger partial charge in [0.15, 0.2) is 0 Å². The SMILES string of the molecule is C=CCOC(=O)[C@H]1[C@H]2C(=O)N(CCCCCO)C(C(=O)N(CC=C)c3ccc(Cl)cc3)C23CC(C)[C@]1(C)O3. The largest absolute Gasteiger partial charge is 0.461 e. The zero-order valence-corrected chi connectivity index (χ0v) is 22.9. The smallest absolute Gasteiger partial charge is 0.313 e. The van der Waals surface area contributed by atoms with E-state index in [9.17, 15) is 19.5 Å². The van der Waals surface area contributed by atoms with Crippen molar-refractivity contribution in [1.29, 1.82) is 0 Å². The second-order valence-electron chi connectivity index (χ2n) is 10.7. The minimum atomic E-state index is -1.16. The summed E-state index contributed by atoms with van der Waals surface area (Å²) in [5.41, 5.74) is -1.48. The van der Waals surface area contributed by atoms with E-state index in [0.29, 0.717) is 42.9 Å². The molecule has 1 spiro atoms. The Morgan fingerprint density at radius 3 is 2.58 bits per heavy atom. The molecule has 1 N–H and O–H groups in total. The number of nitrogens with zero attached hydrogens (tertiary/aromatic N) is 2. The van der Waals surface area contributed by atoms with Crippen LogP contribution in [0.2, 0.25) is 5.02 Å². The van der Waals surface area contributed by atoms with Gasteiger partial charge in [-0.15, -0.1) is 6.58 Å². The molecule has 0 saturated carbocycles. The van der Waals surface area contributed by atoms with Crippen molar-refractivity contribution in [3.63, 3.8) is 0 Å². The fraction of sp³-hybridized carbons (Fsp3) is 0.552. The lowest BCUT2D eigenvalue weighted by Gasteiger charge is -2.37. The number of ether oxygens (including phenoxy) is 2. The Labute approximate surface area is 229 Å². The van der Waals surface area contributed by atoms with Gasteiger partial charge in [0.1, 0.15) is 24.2 Å². The van der Waals surface area contributed by atoms with Crippen LogP contribution in [0.3, 0.4) is 0 Å². The first-order valence-electron chi connectivity index (χ1n) is 13.2. The topological polar surface area (TPSA) is 96.4 Å². The zero-order valence-electron chi connectivity index (χ0n) is 22.1. The van der Waals surface area contributed by atoms with Crippen LogP contribution in [0, 0.1) is 17.8 Å². The van der Waals surface area contributed by atoms with Crippen molar-refractivity contribution in [3.8, 4) is 0 Å². The number of esters is 1. The number of likely N-dealkylation sites (tertiary alicyclic amines) is 1. The zero-order chi connectivity index (χ0) is 27.7. The number of fused-ring (bicyclic) bond motifs is 1. The lowest BCUT2D eigenvalue weighted by Crippen LogP contribution is -2.57. The fourth-order valence-corrected chi connectivity index (χ4v) is 6.76. The van der Waals surface area contributed by atoms with E-state index in [4.69, 9.17) is 21.1 Å². The molecule has 8 nitrogen and oxygen atoms in total. The third-order valence-corrected chi connectivity index (χ3v) is 8.67. The molecule has 1 aromatic rings. The molecule has 0 aliphatic carbocycles. The van der Waals surface area contributed by atoms with E-state index in [1.165, 1.54) is 6.08 Å². The average molecular weight is 545 g/mol. The van der Waals surface area contributed by atoms with Crippen LogP contribution in [0.4, 0.5) is 5.69 Å². The summed E-state index contributed by atoms with van der Waals surface area (Å²) in [6.45, 7) is 11.9. The Bertz CT molecular complexity index is 1090. The van der Waals surface area contributed by atoms with Gasteiger partial charge in [-0.3, -0.25) is 14.4 Å². The van der Waals surface area contributed by atoms with Crippen molar-refractivity contribution in [2.45, 2.75) is 56.8 Å². The molecule has 6 atom stereocenters. The number of amides is 2. The summed E-state index contributed by atoms with van der Waals surface area (Å²) in [5, 5.41) is 9.77. The number of hydrogen-bond donors (Lipinski definition) is 1. The van der Waals surface area contributed by atoms with Gasteiger partial charge in [0.05, 0.1) is 11.5 Å². The summed E-state index contributed by atoms with van der Waals surface area (Å²) in [6, 6.07) is 6.01. The van der Waals surface area contributed by atoms with Crippen LogP contribution in [-0.2, 0) is 23.9 Å². The van der Waals surface area contributed by atoms with E-state index in [1.807, 2.05) is 13.8 Å². The van der Waals surface area contributed by atoms with E-state index in [0.717, 1.165) is 0 Å². The van der Waals surface area contributed by atoms with Gasteiger partial charge in [-0.05, 0) is 62.8 Å². The number of rotatable bonds is 12. The molecule has 2 amide bonds. The van der Waals surface area contributed by atoms with Gasteiger partial charge in [-0.2, -0.15) is 0 Å². The fourth-order valence-electron chi connectivity index (χ4n) is 6.64. The van der Waals surface area contributed by atoms with Crippen LogP contribution >= 0.6 is 11.6 Å². The third-order valence-electron chi connectivity index (χ3n) is 8.42. The van der Waals surface area contributed by atoms with Crippen LogP contribution in [0.1, 0.15) is 39.5 Å². The van der Waals surface area contributed by atoms with Crippen molar-refractivity contribution in [2.24, 2.45) is 17.8 Å². The number of hydrogen-bond acceptors (Lipinski definition) is 6. The van der Waals surface area contributed by atoms with Crippen molar-refractivity contribution in [1.82, 2.24) is 4.90 Å². The molecule has 0 radical (unpaired) electrons. The molecule has 1 aromatic carbocycles. The summed E-state index contributed by atoms with van der Waals surface area (Å²) in [5.74, 6) is -2.81. The number of unbranched alkanes of at least 4 members (excludes halogenated alkanes) is 2. The Balaban J connectivity index is 1.78. The lowest BCUT2D eigenvalue weighted by molar-refractivity contribution is -0.160. The van der Waals surface area contributed by atoms with Gasteiger partial charge < -0.3 is 24.4 Å². The number of carbonyl (C=O) groups is 3. The standard InChI is InChI=1S/C29H37ClN2O6/c1-5-14-31(21-12-10-20(30)11-13-21)26(35)24-29-18-19(3)28(4,38-29)23(27(36)37-17-6-2)22(29)25(34)32(24)15-8-7-9-16-33/h5-6,10-13,19,22-24,33H,1-2,7-9,14-18H2,3-4H3/t19?,22-,23+,24?,28-,29?/m0/s1. The molecule has 2 bridgehead atoms. The molecule has 38 heavy (non-hydrogen) atoms. The van der Waals surface area contributed by atoms with E-state index >= 15 is 0 Å². The molecule has 3 heterocycles. The van der Waals surface area contributed by atoms with Gasteiger partial charge in [0.2, 0.25) is 5.91 Å². The monoisotopic (exact) mass is 544 g/mol. The molecule has 3 fully saturated rings. The van der Waals surface area contributed by atoms with Crippen LogP contribution in [0.25, 0.3) is 0 Å². The predicted molar refractivity (Wildman–Crippen MR) is 145 cm³/mol. The number of halogens is 1. The Kier molecular flexibility index (Phi) is 8.35. The maximum Gasteiger partial charge on any atom is 0.313 e. The minimum Gasteiger partial charge on any atom is -0.461 e. The molecule has 3 aliphatic rings. The Morgan fingerprint density at radius 2 is 1.95 bits per heavy atom. The number of aliphatic hydroxyl groups excluding tert-OH is 1. The molecule has 206 valence electrons. The first-order chi connectivity index (χ1) is 18.2. The molecule has 3 aliphatic heterocycles. The van der Waals surface area contributed by atoms with Crippen LogP contribution < -0.4 is 4.90 Å². The first-order valence-corrected chi connectivity index (χ1v) is 13.6. The average Bonchev–Trinajstić information content (AvgIpc) is 3.40. The summed E-state index contributed by atoms with van der Waals surface area (Å²) < 4.78 is 12.2. The summed E-state index contributed by atoms with van der Waals surface area (Å²) in [6.07, 6.45) is 5.51. The van der Waals surface area contributed by atoms with Crippen LogP contribution in [0.5, 0.6) is 0 Å². The molecule has 3 unspecified atom stereocenters. The normalized spacial score (nSPS) is 31.3. The van der Waals surface area contributed by atoms with E-state index in [1.54, 1.807) is 40.1 Å². The molecule has 0 aromatic heterocycles. The second-order valence-corrected chi connectivity index (χ2v) is 11.1. The highest BCUT2D eigenvalue weighted by Crippen LogP contribution is 2.65. The first kappa shape index (κ1) is 28.3. The van der Waals surface area contributed by atoms with Gasteiger partial charge in [-0.25, -0.2) is 0 Å². The highest BCUT2D eigenvalue weighted by atomic mass is 35.5. The summed E-state index contributed by atoms with van der Waals surface area (Å²) in [7, 11) is 0. The number of anilines is 1. The van der Waals surface area contributed by atoms with Gasteiger partial charge in [-0.1, -0.05) is 37.3 Å². The highest BCUT2D eigenvalue weighted by molar-refractivity contribution is 6.30. The second kappa shape index (κ2) is 11.2. The van der Waals surface area contributed by atoms with E-state index < -0.39 is 35.0 Å².